The lowest BCUT2D eigenvalue weighted by molar-refractivity contribution is -0.145. The second-order valence-electron chi connectivity index (χ2n) is 7.20. The first-order valence-electron chi connectivity index (χ1n) is 9.38. The lowest BCUT2D eigenvalue weighted by Gasteiger charge is -2.25. The van der Waals surface area contributed by atoms with E-state index < -0.39 is 28.8 Å². The molecule has 1 unspecified atom stereocenters. The molecule has 0 saturated carbocycles. The van der Waals surface area contributed by atoms with Gasteiger partial charge in [0.15, 0.2) is 0 Å². The molecular formula is C20H29F3N2O3S. The lowest BCUT2D eigenvalue weighted by atomic mass is 10.00. The first-order valence-corrected chi connectivity index (χ1v) is 10.8. The number of carbonyl (C=O) groups is 1. The fraction of sp³-hybridized carbons (Fsp3) is 0.600. The molecule has 9 heteroatoms. The number of carbonyl (C=O) groups excluding carboxylic acids is 1. The summed E-state index contributed by atoms with van der Waals surface area (Å²) >= 11 is 0. The van der Waals surface area contributed by atoms with Crippen LogP contribution in [-0.4, -0.2) is 42.0 Å². The van der Waals surface area contributed by atoms with Gasteiger partial charge in [-0.2, -0.15) is 13.2 Å². The predicted octanol–water partition coefficient (Wildman–Crippen LogP) is 3.36. The van der Waals surface area contributed by atoms with Crippen LogP contribution in [0.5, 0.6) is 5.75 Å². The van der Waals surface area contributed by atoms with E-state index in [1.165, 1.54) is 0 Å². The van der Waals surface area contributed by atoms with E-state index in [9.17, 15) is 22.2 Å². The van der Waals surface area contributed by atoms with Crippen LogP contribution < -0.4 is 15.4 Å². The number of amides is 1. The summed E-state index contributed by atoms with van der Waals surface area (Å²) in [6.45, 7) is 4.11. The number of benzene rings is 1. The molecule has 1 aliphatic heterocycles. The number of methoxy groups -OCH3 is 1. The van der Waals surface area contributed by atoms with Gasteiger partial charge in [-0.05, 0) is 43.0 Å². The van der Waals surface area contributed by atoms with Crippen molar-refractivity contribution in [3.8, 4) is 11.4 Å². The molecule has 1 heterocycles. The number of nitrogens with one attached hydrogen (secondary N) is 2. The van der Waals surface area contributed by atoms with Gasteiger partial charge in [-0.3, -0.25) is 4.79 Å². The number of rotatable bonds is 6. The minimum Gasteiger partial charge on any atom is -0.497 e. The maximum atomic E-state index is 12.3. The summed E-state index contributed by atoms with van der Waals surface area (Å²) in [5, 5.41) is 5.46. The average Bonchev–Trinajstić information content (AvgIpc) is 3.15. The zero-order valence-corrected chi connectivity index (χ0v) is 17.7. The second kappa shape index (κ2) is 11.9. The van der Waals surface area contributed by atoms with Crippen molar-refractivity contribution in [1.29, 1.82) is 0 Å². The van der Waals surface area contributed by atoms with Crippen LogP contribution >= 0.6 is 0 Å². The first-order chi connectivity index (χ1) is 13.5. The van der Waals surface area contributed by atoms with Crippen molar-refractivity contribution in [2.45, 2.75) is 57.1 Å². The van der Waals surface area contributed by atoms with Gasteiger partial charge in [0.25, 0.3) is 0 Å². The highest BCUT2D eigenvalue weighted by molar-refractivity contribution is 7.72. The second-order valence-corrected chi connectivity index (χ2v) is 8.25. The molecule has 0 bridgehead atoms. The highest BCUT2D eigenvalue weighted by atomic mass is 32.2. The average molecular weight is 435 g/mol. The molecule has 1 fully saturated rings. The zero-order chi connectivity index (χ0) is 22.0. The molecule has 1 aliphatic rings. The van der Waals surface area contributed by atoms with Crippen molar-refractivity contribution in [2.75, 3.05) is 13.7 Å². The minimum atomic E-state index is -4.24. The highest BCUT2D eigenvalue weighted by Gasteiger charge is 2.35. The summed E-state index contributed by atoms with van der Waals surface area (Å²) in [5.74, 6) is 0.637. The van der Waals surface area contributed by atoms with Crippen LogP contribution in [0.3, 0.4) is 0 Å². The van der Waals surface area contributed by atoms with E-state index in [0.717, 1.165) is 24.3 Å². The number of hydrogen-bond donors (Lipinski definition) is 2. The topological polar surface area (TPSA) is 67.4 Å². The molecule has 2 atom stereocenters. The molecule has 1 aromatic rings. The van der Waals surface area contributed by atoms with E-state index in [2.05, 4.69) is 10.6 Å². The highest BCUT2D eigenvalue weighted by Crippen LogP contribution is 2.24. The lowest BCUT2D eigenvalue weighted by Crippen LogP contribution is -2.48. The number of hydrogen-bond acceptors (Lipinski definition) is 4. The Morgan fingerprint density at radius 3 is 2.38 bits per heavy atom. The largest absolute Gasteiger partial charge is 0.497 e. The van der Waals surface area contributed by atoms with Crippen LogP contribution in [0.15, 0.2) is 24.3 Å². The molecule has 5 nitrogen and oxygen atoms in total. The molecule has 0 aliphatic carbocycles. The molecule has 29 heavy (non-hydrogen) atoms. The smallest absolute Gasteiger partial charge is 0.391 e. The summed E-state index contributed by atoms with van der Waals surface area (Å²) in [4.78, 5) is 11.7. The van der Waals surface area contributed by atoms with Gasteiger partial charge in [0.2, 0.25) is 5.91 Å². The summed E-state index contributed by atoms with van der Waals surface area (Å²) < 4.78 is 52.6. The van der Waals surface area contributed by atoms with Gasteiger partial charge in [-0.1, -0.05) is 31.7 Å². The van der Waals surface area contributed by atoms with Gasteiger partial charge in [-0.25, -0.2) is 4.21 Å². The van der Waals surface area contributed by atoms with Crippen molar-refractivity contribution in [1.82, 2.24) is 10.6 Å². The van der Waals surface area contributed by atoms with Crippen LogP contribution in [0.1, 0.15) is 38.7 Å². The quantitative estimate of drug-likeness (QED) is 0.721. The fourth-order valence-electron chi connectivity index (χ4n) is 2.78. The van der Waals surface area contributed by atoms with Crippen molar-refractivity contribution in [2.24, 2.45) is 5.92 Å². The van der Waals surface area contributed by atoms with Crippen LogP contribution in [0.25, 0.3) is 0 Å². The van der Waals surface area contributed by atoms with Crippen molar-refractivity contribution in [3.05, 3.63) is 29.8 Å². The van der Waals surface area contributed by atoms with E-state index in [-0.39, 0.29) is 17.9 Å². The zero-order valence-electron chi connectivity index (χ0n) is 16.9. The van der Waals surface area contributed by atoms with Gasteiger partial charge < -0.3 is 15.4 Å². The maximum absolute atomic E-state index is 12.3. The third-order valence-corrected chi connectivity index (χ3v) is 5.05. The van der Waals surface area contributed by atoms with Gasteiger partial charge in [0.1, 0.15) is 5.75 Å². The monoisotopic (exact) mass is 434 g/mol. The molecule has 1 amide bonds. The van der Waals surface area contributed by atoms with Crippen molar-refractivity contribution in [3.63, 3.8) is 0 Å². The molecule has 0 aromatic heterocycles. The number of halogens is 3. The normalized spacial score (nSPS) is 17.2. The molecule has 1 saturated heterocycles. The van der Waals surface area contributed by atoms with Crippen molar-refractivity contribution >= 4 is 16.1 Å². The van der Waals surface area contributed by atoms with Crippen LogP contribution in [0, 0.1) is 11.6 Å². The maximum Gasteiger partial charge on any atom is 0.391 e. The molecule has 0 radical (unpaired) electrons. The summed E-state index contributed by atoms with van der Waals surface area (Å²) in [6.07, 6.45) is -3.62. The first kappa shape index (κ1) is 25.1. The van der Waals surface area contributed by atoms with E-state index in [1.807, 2.05) is 24.3 Å². The SMILES string of the molecule is C#S(=O)Cc1ccc(OC)cc1.CC(C)[C@@H](CC(F)(F)F)NC(=O)C1CCCN1. The summed E-state index contributed by atoms with van der Waals surface area (Å²) in [5.41, 5.74) is 6.09. The van der Waals surface area contributed by atoms with Gasteiger partial charge in [0.05, 0.1) is 25.3 Å². The Bertz CT molecular complexity index is 755. The van der Waals surface area contributed by atoms with Gasteiger partial charge in [0, 0.05) is 16.2 Å². The summed E-state index contributed by atoms with van der Waals surface area (Å²) in [6, 6.07) is 6.17. The van der Waals surface area contributed by atoms with Gasteiger partial charge in [-0.15, -0.1) is 0 Å². The number of alkyl halides is 3. The third-order valence-electron chi connectivity index (χ3n) is 4.43. The molecule has 0 spiro atoms. The van der Waals surface area contributed by atoms with E-state index in [1.54, 1.807) is 21.0 Å². The van der Waals surface area contributed by atoms with E-state index in [0.29, 0.717) is 12.2 Å². The molecule has 164 valence electrons. The standard InChI is InChI=1S/C11H19F3N2O.C9H10O2S/c1-7(2)9(6-11(12,13)14)16-10(17)8-4-3-5-15-8;1-11-9-5-3-8(4-6-9)7-12(2)10/h7-9,15H,3-6H2,1-2H3,(H,16,17);2-6H,7H2,1H3/t8?,9-;/m1./s1. The molecule has 2 rings (SSSR count). The molecular weight excluding hydrogens is 405 g/mol. The Kier molecular flexibility index (Phi) is 10.3. The van der Waals surface area contributed by atoms with Crippen LogP contribution in [0.4, 0.5) is 13.2 Å². The Morgan fingerprint density at radius 2 is 1.97 bits per heavy atom. The molecule has 1 aromatic carbocycles. The minimum absolute atomic E-state index is 0.234. The number of ether oxygens (including phenoxy) is 1. The Balaban J connectivity index is 0.000000308. The van der Waals surface area contributed by atoms with Crippen LogP contribution in [0.2, 0.25) is 0 Å². The van der Waals surface area contributed by atoms with E-state index in [4.69, 9.17) is 10.4 Å². The Hall–Kier alpha value is -1.96. The third kappa shape index (κ3) is 10.4. The Morgan fingerprint density at radius 1 is 1.34 bits per heavy atom. The van der Waals surface area contributed by atoms with Crippen LogP contribution in [-0.2, 0) is 20.8 Å². The van der Waals surface area contributed by atoms with Gasteiger partial charge >= 0.3 is 6.18 Å². The van der Waals surface area contributed by atoms with Crippen molar-refractivity contribution < 1.29 is 26.9 Å². The Labute approximate surface area is 172 Å². The fourth-order valence-corrected chi connectivity index (χ4v) is 3.30. The predicted molar refractivity (Wildman–Crippen MR) is 108 cm³/mol. The summed E-state index contributed by atoms with van der Waals surface area (Å²) in [7, 11) is 0.341. The van der Waals surface area contributed by atoms with E-state index >= 15 is 0 Å². The molecule has 2 N–H and O–H groups in total.